The van der Waals surface area contributed by atoms with Crippen LogP contribution in [0.4, 0.5) is 14.4 Å². The Balaban J connectivity index is 1.27. The number of primary amides is 3. The van der Waals surface area contributed by atoms with E-state index in [1.807, 2.05) is 26.8 Å². The molecule has 424 valence electrons. The number of esters is 5. The second-order valence-electron chi connectivity index (χ2n) is 24.1. The molecule has 0 radical (unpaired) electrons. The molecule has 0 spiro atoms. The van der Waals surface area contributed by atoms with E-state index in [0.29, 0.717) is 32.1 Å². The number of nitrogens with two attached hydrogens (primary N) is 3. The first kappa shape index (κ1) is 58.1. The highest BCUT2D eigenvalue weighted by Crippen LogP contribution is 2.75. The van der Waals surface area contributed by atoms with Gasteiger partial charge < -0.3 is 75.8 Å². The van der Waals surface area contributed by atoms with Crippen molar-refractivity contribution in [3.8, 4) is 0 Å². The summed E-state index contributed by atoms with van der Waals surface area (Å²) in [5.74, 6) is -5.09. The van der Waals surface area contributed by atoms with Crippen LogP contribution in [0, 0.1) is 44.8 Å². The van der Waals surface area contributed by atoms with Crippen molar-refractivity contribution >= 4 is 53.7 Å². The molecule has 0 bridgehead atoms. The number of nitrogens with one attached hydrogen (secondary N) is 3. The minimum Gasteiger partial charge on any atom is -0.455 e. The Morgan fingerprint density at radius 2 is 1.04 bits per heavy atom. The fraction of sp³-hybridized carbons (Fsp3) is 0.788. The molecular formula is C52H78N6O18. The summed E-state index contributed by atoms with van der Waals surface area (Å²) in [4.78, 5) is 116. The number of carbonyl (C=O) groups is 9. The summed E-state index contributed by atoms with van der Waals surface area (Å²) in [5, 5.41) is 7.70. The maximum Gasteiger partial charge on any atom is 0.314 e. The Morgan fingerprint density at radius 1 is 0.566 bits per heavy atom. The zero-order valence-corrected chi connectivity index (χ0v) is 45.6. The zero-order valence-electron chi connectivity index (χ0n) is 45.6. The van der Waals surface area contributed by atoms with E-state index in [1.165, 1.54) is 0 Å². The third-order valence-electron chi connectivity index (χ3n) is 18.6. The standard InChI is InChI=1S/C52H78N6O18/c1-23(59)68-33-35(70-25(3)61)41(57-45(54)66)76-43(37(33)72-27(5)63)74-38-34(69-24(2)60)36(71-26(4)62)40(56-44(53)65)75-42(38)73-32-14-15-50(10)31(47(32,6)7)13-16-52(12)39(50)30(64)21-28-29-22-49(9,58-46(55)67)19-17-48(29,8)18-20-51(28,52)11/h21,29,31-43H,13-20,22H2,1-12H3,(H3,53,56,65)(H3,54,57,66)(H3,55,58,67)/t29-,31-,32-,33-,34-,35-,36-,37+,38+,39+,40-,41+,42+,43+,48+,49-,50-,51+,52+/m0/s1. The SMILES string of the molecule is CC(=O)O[C@@H]1[C@@H](OC(C)=O)[C@H](O[C@H]2[C@H](O[C@H]3CC[C@]4(C)[C@H]5C(=O)C=C6[C@@H]7C[C@@](C)(NC(N)=O)CC[C@]7(C)CC[C@@]6(C)[C@]5(C)CC[C@H]4C3(C)C)O[C@H](NC(N)=O)[C@@H](OC(C)=O)[C@@H]2OC(C)=O)O[C@@H](NC(N)=O)[C@H]1OC(C)=O. The van der Waals surface area contributed by atoms with Crippen molar-refractivity contribution in [1.29, 1.82) is 0 Å². The number of ketones is 1. The average Bonchev–Trinajstić information content (AvgIpc) is 3.26. The minimum atomic E-state index is -1.96. The summed E-state index contributed by atoms with van der Waals surface area (Å²) >= 11 is 0. The van der Waals surface area contributed by atoms with Crippen molar-refractivity contribution in [2.75, 3.05) is 0 Å². The Hall–Kier alpha value is -5.59. The lowest BCUT2D eigenvalue weighted by molar-refractivity contribution is -0.378. The fourth-order valence-corrected chi connectivity index (χ4v) is 15.2. The van der Waals surface area contributed by atoms with Gasteiger partial charge in [0.05, 0.1) is 6.10 Å². The van der Waals surface area contributed by atoms with Crippen molar-refractivity contribution in [1.82, 2.24) is 16.0 Å². The molecule has 6 amide bonds. The van der Waals surface area contributed by atoms with E-state index < -0.39 is 137 Å². The normalized spacial score (nSPS) is 42.3. The Morgan fingerprint density at radius 3 is 1.54 bits per heavy atom. The van der Waals surface area contributed by atoms with Crippen LogP contribution in [0.25, 0.3) is 0 Å². The van der Waals surface area contributed by atoms with Crippen LogP contribution in [-0.2, 0) is 71.4 Å². The van der Waals surface area contributed by atoms with Crippen LogP contribution in [0.15, 0.2) is 11.6 Å². The number of fused-ring (bicyclic) bond motifs is 7. The number of amides is 6. The van der Waals surface area contributed by atoms with Crippen LogP contribution in [0.3, 0.4) is 0 Å². The van der Waals surface area contributed by atoms with Gasteiger partial charge in [-0.3, -0.25) is 28.8 Å². The predicted octanol–water partition coefficient (Wildman–Crippen LogP) is 3.52. The molecule has 24 heteroatoms. The molecule has 0 unspecified atom stereocenters. The van der Waals surface area contributed by atoms with Crippen LogP contribution < -0.4 is 33.2 Å². The molecule has 9 N–H and O–H groups in total. The van der Waals surface area contributed by atoms with E-state index in [-0.39, 0.29) is 34.4 Å². The lowest BCUT2D eigenvalue weighted by Gasteiger charge is -2.70. The molecule has 6 fully saturated rings. The highest BCUT2D eigenvalue weighted by molar-refractivity contribution is 5.95. The molecule has 7 rings (SSSR count). The number of ether oxygens (including phenoxy) is 9. The highest BCUT2D eigenvalue weighted by atomic mass is 16.8. The van der Waals surface area contributed by atoms with Crippen LogP contribution in [0.1, 0.15) is 141 Å². The molecule has 0 aromatic rings. The van der Waals surface area contributed by atoms with Gasteiger partial charge >= 0.3 is 47.9 Å². The maximum atomic E-state index is 15.3. The summed E-state index contributed by atoms with van der Waals surface area (Å²) in [7, 11) is 0. The van der Waals surface area contributed by atoms with Crippen molar-refractivity contribution in [2.45, 2.75) is 214 Å². The lowest BCUT2D eigenvalue weighted by atomic mass is 9.33. The Labute approximate surface area is 442 Å². The maximum absolute atomic E-state index is 15.3. The number of hydrogen-bond donors (Lipinski definition) is 6. The summed E-state index contributed by atoms with van der Waals surface area (Å²) in [6, 6.07) is -2.89. The van der Waals surface area contributed by atoms with Crippen molar-refractivity contribution in [2.24, 2.45) is 62.0 Å². The summed E-state index contributed by atoms with van der Waals surface area (Å²) < 4.78 is 54.4. The second kappa shape index (κ2) is 21.0. The summed E-state index contributed by atoms with van der Waals surface area (Å²) in [5.41, 5.74) is 15.3. The predicted molar refractivity (Wildman–Crippen MR) is 263 cm³/mol. The largest absolute Gasteiger partial charge is 0.455 e. The van der Waals surface area contributed by atoms with Gasteiger partial charge in [-0.25, -0.2) is 14.4 Å². The molecule has 19 atom stereocenters. The van der Waals surface area contributed by atoms with Crippen molar-refractivity contribution < 1.29 is 85.8 Å². The molecule has 0 aromatic carbocycles. The molecule has 2 aliphatic heterocycles. The van der Waals surface area contributed by atoms with Crippen LogP contribution in [0.5, 0.6) is 0 Å². The Bertz CT molecular complexity index is 2400. The van der Waals surface area contributed by atoms with Gasteiger partial charge in [-0.2, -0.15) is 0 Å². The van der Waals surface area contributed by atoms with Gasteiger partial charge in [0.2, 0.25) is 6.29 Å². The molecule has 4 saturated carbocycles. The fourth-order valence-electron chi connectivity index (χ4n) is 15.2. The zero-order chi connectivity index (χ0) is 56.4. The van der Waals surface area contributed by atoms with Crippen LogP contribution >= 0.6 is 0 Å². The highest BCUT2D eigenvalue weighted by Gasteiger charge is 2.71. The van der Waals surface area contributed by atoms with Gasteiger partial charge in [0.15, 0.2) is 61.2 Å². The van der Waals surface area contributed by atoms with Crippen LogP contribution in [-0.4, -0.2) is 127 Å². The first-order valence-corrected chi connectivity index (χ1v) is 26.1. The lowest BCUT2D eigenvalue weighted by Crippen LogP contribution is -2.70. The number of urea groups is 3. The van der Waals surface area contributed by atoms with Crippen molar-refractivity contribution in [3.63, 3.8) is 0 Å². The van der Waals surface area contributed by atoms with Gasteiger partial charge in [-0.1, -0.05) is 47.1 Å². The number of rotatable bonds is 12. The van der Waals surface area contributed by atoms with E-state index in [9.17, 15) is 38.4 Å². The number of allylic oxidation sites excluding steroid dienone is 2. The van der Waals surface area contributed by atoms with E-state index in [0.717, 1.165) is 65.9 Å². The number of carbonyl (C=O) groups excluding carboxylic acids is 9. The second-order valence-corrected chi connectivity index (χ2v) is 24.1. The Kier molecular flexibility index (Phi) is 16.0. The minimum absolute atomic E-state index is 0.0518. The van der Waals surface area contributed by atoms with E-state index in [2.05, 4.69) is 43.6 Å². The van der Waals surface area contributed by atoms with Gasteiger partial charge in [-0.05, 0) is 110 Å². The molecule has 2 heterocycles. The van der Waals surface area contributed by atoms with Gasteiger partial charge in [0, 0.05) is 46.1 Å². The molecule has 24 nitrogen and oxygen atoms in total. The molecular weight excluding hydrogens is 997 g/mol. The third-order valence-corrected chi connectivity index (χ3v) is 18.6. The van der Waals surface area contributed by atoms with E-state index in [4.69, 9.17) is 59.8 Å². The molecule has 76 heavy (non-hydrogen) atoms. The average molecular weight is 1080 g/mol. The first-order valence-electron chi connectivity index (χ1n) is 26.1. The van der Waals surface area contributed by atoms with Crippen molar-refractivity contribution in [3.05, 3.63) is 11.6 Å². The van der Waals surface area contributed by atoms with E-state index >= 15 is 4.79 Å². The van der Waals surface area contributed by atoms with Gasteiger partial charge in [0.1, 0.15) is 0 Å². The quantitative estimate of drug-likeness (QED) is 0.0925. The molecule has 0 aromatic heterocycles. The molecule has 7 aliphatic rings. The smallest absolute Gasteiger partial charge is 0.314 e. The summed E-state index contributed by atoms with van der Waals surface area (Å²) in [6.07, 6.45) is -9.91. The first-order chi connectivity index (χ1) is 35.2. The summed E-state index contributed by atoms with van der Waals surface area (Å²) in [6.45, 7) is 20.4. The van der Waals surface area contributed by atoms with E-state index in [1.54, 1.807) is 0 Å². The van der Waals surface area contributed by atoms with Gasteiger partial charge in [0.25, 0.3) is 0 Å². The van der Waals surface area contributed by atoms with Gasteiger partial charge in [-0.15, -0.1) is 0 Å². The number of hydrogen-bond acceptors (Lipinski definition) is 18. The topological polar surface area (TPSA) is 351 Å². The van der Waals surface area contributed by atoms with Crippen LogP contribution in [0.2, 0.25) is 0 Å². The molecule has 5 aliphatic carbocycles. The molecule has 2 saturated heterocycles. The third kappa shape index (κ3) is 10.8. The monoisotopic (exact) mass is 1070 g/mol.